The second-order valence-electron chi connectivity index (χ2n) is 7.31. The van der Waals surface area contributed by atoms with E-state index < -0.39 is 0 Å². The first kappa shape index (κ1) is 16.3. The summed E-state index contributed by atoms with van der Waals surface area (Å²) in [5.74, 6) is 0.545. The van der Waals surface area contributed by atoms with Gasteiger partial charge in [-0.05, 0) is 48.3 Å². The van der Waals surface area contributed by atoms with Gasteiger partial charge in [0.2, 0.25) is 0 Å². The van der Waals surface area contributed by atoms with E-state index in [9.17, 15) is 0 Å². The fourth-order valence-corrected chi connectivity index (χ4v) is 4.53. The highest BCUT2D eigenvalue weighted by atomic mass is 79.9. The molecule has 2 unspecified atom stereocenters. The summed E-state index contributed by atoms with van der Waals surface area (Å²) in [5.41, 5.74) is 8.15. The normalized spacial score (nSPS) is 27.6. The van der Waals surface area contributed by atoms with E-state index >= 15 is 0 Å². The van der Waals surface area contributed by atoms with Crippen LogP contribution in [0.1, 0.15) is 52.0 Å². The van der Waals surface area contributed by atoms with E-state index in [4.69, 9.17) is 17.3 Å². The van der Waals surface area contributed by atoms with Crippen LogP contribution in [0, 0.1) is 11.3 Å². The monoisotopic (exact) mass is 357 g/mol. The maximum atomic E-state index is 6.86. The number of benzene rings is 1. The molecule has 2 N–H and O–H groups in total. The van der Waals surface area contributed by atoms with Crippen molar-refractivity contribution in [3.05, 3.63) is 33.3 Å². The van der Waals surface area contributed by atoms with Crippen molar-refractivity contribution in [3.8, 4) is 0 Å². The van der Waals surface area contributed by atoms with Gasteiger partial charge in [0, 0.05) is 15.0 Å². The van der Waals surface area contributed by atoms with E-state index in [2.05, 4.69) is 48.8 Å². The summed E-state index contributed by atoms with van der Waals surface area (Å²) in [6.07, 6.45) is 5.74. The minimum Gasteiger partial charge on any atom is -0.325 e. The van der Waals surface area contributed by atoms with Crippen molar-refractivity contribution in [3.63, 3.8) is 0 Å². The molecule has 0 radical (unpaired) electrons. The Balaban J connectivity index is 2.28. The van der Waals surface area contributed by atoms with E-state index in [1.54, 1.807) is 0 Å². The first-order chi connectivity index (χ1) is 9.22. The minimum atomic E-state index is -0.131. The van der Waals surface area contributed by atoms with Gasteiger partial charge >= 0.3 is 0 Å². The first-order valence-corrected chi connectivity index (χ1v) is 8.62. The van der Waals surface area contributed by atoms with E-state index in [1.165, 1.54) is 24.8 Å². The highest BCUT2D eigenvalue weighted by Gasteiger charge is 2.43. The summed E-state index contributed by atoms with van der Waals surface area (Å²) < 4.78 is 1.02. The van der Waals surface area contributed by atoms with Gasteiger partial charge in [-0.1, -0.05) is 67.2 Å². The van der Waals surface area contributed by atoms with Crippen molar-refractivity contribution in [2.45, 2.75) is 58.4 Å². The quantitative estimate of drug-likeness (QED) is 0.734. The summed E-state index contributed by atoms with van der Waals surface area (Å²) in [5, 5.41) is 0.822. The number of hydrogen-bond donors (Lipinski definition) is 1. The fourth-order valence-electron chi connectivity index (χ4n) is 3.79. The lowest BCUT2D eigenvalue weighted by Gasteiger charge is -2.48. The lowest BCUT2D eigenvalue weighted by Crippen LogP contribution is -2.55. The smallest absolute Gasteiger partial charge is 0.0449 e. The molecule has 0 heterocycles. The first-order valence-electron chi connectivity index (χ1n) is 7.45. The fraction of sp³-hybridized carbons (Fsp3) is 0.647. The molecule has 1 aliphatic carbocycles. The van der Waals surface area contributed by atoms with Gasteiger partial charge in [0.25, 0.3) is 0 Å². The zero-order valence-electron chi connectivity index (χ0n) is 12.7. The summed E-state index contributed by atoms with van der Waals surface area (Å²) in [4.78, 5) is 0. The van der Waals surface area contributed by atoms with Gasteiger partial charge in [-0.25, -0.2) is 0 Å². The molecule has 2 atom stereocenters. The molecular weight excluding hydrogens is 334 g/mol. The maximum absolute atomic E-state index is 6.86. The van der Waals surface area contributed by atoms with Gasteiger partial charge < -0.3 is 5.73 Å². The van der Waals surface area contributed by atoms with Crippen molar-refractivity contribution in [2.75, 3.05) is 0 Å². The SMILES string of the molecule is CC(C)(C)C1CCCCC1(N)Cc1ccc(Br)cc1Cl. The molecule has 0 amide bonds. The molecule has 1 aromatic rings. The Morgan fingerprint density at radius 2 is 2.05 bits per heavy atom. The van der Waals surface area contributed by atoms with Gasteiger partial charge in [-0.3, -0.25) is 0 Å². The molecule has 1 aromatic carbocycles. The molecule has 112 valence electrons. The lowest BCUT2D eigenvalue weighted by molar-refractivity contribution is 0.0793. The van der Waals surface area contributed by atoms with Crippen molar-refractivity contribution in [1.82, 2.24) is 0 Å². The molecule has 20 heavy (non-hydrogen) atoms. The molecular formula is C17H25BrClN. The van der Waals surface area contributed by atoms with Crippen molar-refractivity contribution >= 4 is 27.5 Å². The predicted octanol–water partition coefficient (Wildman–Crippen LogP) is 5.58. The highest BCUT2D eigenvalue weighted by molar-refractivity contribution is 9.10. The van der Waals surface area contributed by atoms with Crippen molar-refractivity contribution in [2.24, 2.45) is 17.1 Å². The summed E-state index contributed by atoms with van der Waals surface area (Å²) >= 11 is 9.85. The third-order valence-corrected chi connectivity index (χ3v) is 5.50. The van der Waals surface area contributed by atoms with Crippen molar-refractivity contribution in [1.29, 1.82) is 0 Å². The number of halogens is 2. The molecule has 0 spiro atoms. The number of nitrogens with two attached hydrogens (primary N) is 1. The van der Waals surface area contributed by atoms with Gasteiger partial charge in [-0.15, -0.1) is 0 Å². The molecule has 0 saturated heterocycles. The standard InChI is InChI=1S/C17H25BrClN/c1-16(2,3)15-6-4-5-9-17(15,20)11-12-7-8-13(18)10-14(12)19/h7-8,10,15H,4-6,9,11,20H2,1-3H3. The van der Waals surface area contributed by atoms with Crippen LogP contribution in [0.5, 0.6) is 0 Å². The van der Waals surface area contributed by atoms with Crippen molar-refractivity contribution < 1.29 is 0 Å². The van der Waals surface area contributed by atoms with Crippen LogP contribution in [0.25, 0.3) is 0 Å². The van der Waals surface area contributed by atoms with Crippen LogP contribution in [0.2, 0.25) is 5.02 Å². The van der Waals surface area contributed by atoms with E-state index in [-0.39, 0.29) is 11.0 Å². The Morgan fingerprint density at radius 1 is 1.35 bits per heavy atom. The van der Waals surface area contributed by atoms with Crippen LogP contribution < -0.4 is 5.73 Å². The van der Waals surface area contributed by atoms with Gasteiger partial charge in [-0.2, -0.15) is 0 Å². The van der Waals surface area contributed by atoms with Crippen LogP contribution in [0.4, 0.5) is 0 Å². The average molecular weight is 359 g/mol. The van der Waals surface area contributed by atoms with Gasteiger partial charge in [0.1, 0.15) is 0 Å². The van der Waals surface area contributed by atoms with Gasteiger partial charge in [0.05, 0.1) is 0 Å². The minimum absolute atomic E-state index is 0.131. The molecule has 1 saturated carbocycles. The molecule has 0 aromatic heterocycles. The molecule has 1 nitrogen and oxygen atoms in total. The number of rotatable bonds is 2. The Labute approximate surface area is 136 Å². The Hall–Kier alpha value is -0.0500. The van der Waals surface area contributed by atoms with Crippen LogP contribution >= 0.6 is 27.5 Å². The second kappa shape index (κ2) is 5.98. The van der Waals surface area contributed by atoms with Crippen LogP contribution in [-0.4, -0.2) is 5.54 Å². The molecule has 3 heteroatoms. The van der Waals surface area contributed by atoms with Crippen LogP contribution in [0.3, 0.4) is 0 Å². The topological polar surface area (TPSA) is 26.0 Å². The maximum Gasteiger partial charge on any atom is 0.0449 e. The second-order valence-corrected chi connectivity index (χ2v) is 8.63. The summed E-state index contributed by atoms with van der Waals surface area (Å²) in [6, 6.07) is 6.13. The zero-order valence-corrected chi connectivity index (χ0v) is 15.0. The molecule has 2 rings (SSSR count). The average Bonchev–Trinajstić information content (AvgIpc) is 2.32. The third-order valence-electron chi connectivity index (χ3n) is 4.66. The Bertz CT molecular complexity index is 480. The van der Waals surface area contributed by atoms with Crippen LogP contribution in [0.15, 0.2) is 22.7 Å². The molecule has 0 aliphatic heterocycles. The molecule has 1 aliphatic rings. The van der Waals surface area contributed by atoms with Gasteiger partial charge in [0.15, 0.2) is 0 Å². The summed E-state index contributed by atoms with van der Waals surface area (Å²) in [6.45, 7) is 6.94. The highest BCUT2D eigenvalue weighted by Crippen LogP contribution is 2.45. The Morgan fingerprint density at radius 3 is 2.65 bits per heavy atom. The lowest BCUT2D eigenvalue weighted by atomic mass is 9.61. The molecule has 0 bridgehead atoms. The van der Waals surface area contributed by atoms with E-state index in [1.807, 2.05) is 6.07 Å². The summed E-state index contributed by atoms with van der Waals surface area (Å²) in [7, 11) is 0. The number of hydrogen-bond acceptors (Lipinski definition) is 1. The zero-order chi connectivity index (χ0) is 15.0. The molecule has 1 fully saturated rings. The third kappa shape index (κ3) is 3.58. The van der Waals surface area contributed by atoms with Crippen LogP contribution in [-0.2, 0) is 6.42 Å². The van der Waals surface area contributed by atoms with E-state index in [0.717, 1.165) is 22.3 Å². The predicted molar refractivity (Wildman–Crippen MR) is 91.2 cm³/mol. The van der Waals surface area contributed by atoms with E-state index in [0.29, 0.717) is 5.92 Å². The largest absolute Gasteiger partial charge is 0.325 e. The Kier molecular flexibility index (Phi) is 4.88.